The predicted molar refractivity (Wildman–Crippen MR) is 132 cm³/mol. The largest absolute Gasteiger partial charge is 0.494 e. The van der Waals surface area contributed by atoms with Crippen molar-refractivity contribution in [1.82, 2.24) is 0 Å². The van der Waals surface area contributed by atoms with Crippen LogP contribution in [0.2, 0.25) is 0 Å². The van der Waals surface area contributed by atoms with Crippen molar-refractivity contribution in [1.29, 1.82) is 0 Å². The molecule has 0 saturated carbocycles. The van der Waals surface area contributed by atoms with Crippen molar-refractivity contribution in [3.05, 3.63) is 78.9 Å². The van der Waals surface area contributed by atoms with Crippen molar-refractivity contribution in [2.75, 3.05) is 0 Å². The Hall–Kier alpha value is -3.08. The normalized spacial score (nSPS) is 17.6. The van der Waals surface area contributed by atoms with Crippen LogP contribution in [0.15, 0.2) is 83.3 Å². The Bertz CT molecular complexity index is 1460. The second-order valence-electron chi connectivity index (χ2n) is 9.66. The van der Waals surface area contributed by atoms with Crippen LogP contribution in [0.25, 0.3) is 43.8 Å². The molecule has 0 radical (unpaired) electrons. The summed E-state index contributed by atoms with van der Waals surface area (Å²) in [5.41, 5.74) is 4.45. The number of hydrogen-bond donors (Lipinski definition) is 0. The lowest BCUT2D eigenvalue weighted by molar-refractivity contribution is 0.00578. The van der Waals surface area contributed by atoms with E-state index in [0.717, 1.165) is 32.8 Å². The monoisotopic (exact) mass is 420 g/mol. The van der Waals surface area contributed by atoms with Crippen molar-refractivity contribution < 1.29 is 13.7 Å². The summed E-state index contributed by atoms with van der Waals surface area (Å²) in [6.07, 6.45) is 0. The van der Waals surface area contributed by atoms with E-state index in [4.69, 9.17) is 13.7 Å². The van der Waals surface area contributed by atoms with Crippen molar-refractivity contribution in [3.8, 4) is 11.1 Å². The Labute approximate surface area is 188 Å². The molecular weight excluding hydrogens is 395 g/mol. The maximum atomic E-state index is 6.37. The maximum absolute atomic E-state index is 6.37. The number of rotatable bonds is 2. The van der Waals surface area contributed by atoms with Crippen molar-refractivity contribution in [2.24, 2.45) is 0 Å². The summed E-state index contributed by atoms with van der Waals surface area (Å²) in [6.45, 7) is 8.32. The molecular formula is C28H25BO3. The third kappa shape index (κ3) is 2.83. The van der Waals surface area contributed by atoms with E-state index >= 15 is 0 Å². The minimum atomic E-state index is -0.400. The van der Waals surface area contributed by atoms with Crippen molar-refractivity contribution in [3.63, 3.8) is 0 Å². The molecule has 32 heavy (non-hydrogen) atoms. The van der Waals surface area contributed by atoms with E-state index in [1.807, 2.05) is 18.2 Å². The fraction of sp³-hybridized carbons (Fsp3) is 0.214. The quantitative estimate of drug-likeness (QED) is 0.298. The van der Waals surface area contributed by atoms with Gasteiger partial charge in [-0.05, 0) is 61.8 Å². The van der Waals surface area contributed by atoms with E-state index in [9.17, 15) is 0 Å². The van der Waals surface area contributed by atoms with E-state index in [2.05, 4.69) is 88.4 Å². The van der Waals surface area contributed by atoms with Gasteiger partial charge in [0.15, 0.2) is 0 Å². The molecule has 4 aromatic carbocycles. The summed E-state index contributed by atoms with van der Waals surface area (Å²) in [5.74, 6) is 0. The standard InChI is InChI=1S/C28H25BO3/c1-27(2)28(3,4)32-29(31-27)19-14-15-25-23(16-19)24-17-22(18-10-6-5-7-11-18)20-12-8-9-13-21(20)26(24)30-25/h5-17H,1-4H3. The van der Waals surface area contributed by atoms with Gasteiger partial charge in [-0.2, -0.15) is 0 Å². The van der Waals surface area contributed by atoms with Crippen LogP contribution in [0.5, 0.6) is 0 Å². The molecule has 1 saturated heterocycles. The Kier molecular flexibility index (Phi) is 4.11. The molecule has 1 aliphatic rings. The molecule has 158 valence electrons. The SMILES string of the molecule is CC1(C)OB(c2ccc3oc4c5ccccc5c(-c5ccccc5)cc4c3c2)OC1(C)C. The van der Waals surface area contributed by atoms with Crippen LogP contribution in [-0.4, -0.2) is 18.3 Å². The van der Waals surface area contributed by atoms with Gasteiger partial charge in [-0.3, -0.25) is 0 Å². The van der Waals surface area contributed by atoms with Gasteiger partial charge < -0.3 is 13.7 Å². The second-order valence-corrected chi connectivity index (χ2v) is 9.66. The molecule has 0 spiro atoms. The van der Waals surface area contributed by atoms with Crippen LogP contribution in [0.4, 0.5) is 0 Å². The lowest BCUT2D eigenvalue weighted by atomic mass is 9.78. The first-order valence-corrected chi connectivity index (χ1v) is 11.1. The van der Waals surface area contributed by atoms with Gasteiger partial charge in [0, 0.05) is 16.2 Å². The summed E-state index contributed by atoms with van der Waals surface area (Å²) in [6, 6.07) is 27.5. The first-order valence-electron chi connectivity index (χ1n) is 11.1. The minimum Gasteiger partial charge on any atom is -0.455 e. The Morgan fingerprint density at radius 2 is 1.28 bits per heavy atom. The minimum absolute atomic E-state index is 0.373. The van der Waals surface area contributed by atoms with Gasteiger partial charge in [0.1, 0.15) is 11.2 Å². The van der Waals surface area contributed by atoms with E-state index < -0.39 is 7.12 Å². The number of fused-ring (bicyclic) bond motifs is 5. The fourth-order valence-corrected chi connectivity index (χ4v) is 4.60. The summed E-state index contributed by atoms with van der Waals surface area (Å²) in [4.78, 5) is 0. The van der Waals surface area contributed by atoms with E-state index in [-0.39, 0.29) is 11.2 Å². The van der Waals surface area contributed by atoms with Gasteiger partial charge >= 0.3 is 7.12 Å². The summed E-state index contributed by atoms with van der Waals surface area (Å²) < 4.78 is 19.0. The average molecular weight is 420 g/mol. The Balaban J connectivity index is 1.59. The van der Waals surface area contributed by atoms with Crippen LogP contribution >= 0.6 is 0 Å². The fourth-order valence-electron chi connectivity index (χ4n) is 4.60. The molecule has 0 N–H and O–H groups in total. The zero-order valence-corrected chi connectivity index (χ0v) is 18.8. The molecule has 0 bridgehead atoms. The van der Waals surface area contributed by atoms with Gasteiger partial charge in [-0.15, -0.1) is 0 Å². The Morgan fingerprint density at radius 1 is 0.625 bits per heavy atom. The highest BCUT2D eigenvalue weighted by molar-refractivity contribution is 6.62. The molecule has 2 heterocycles. The molecule has 6 rings (SSSR count). The highest BCUT2D eigenvalue weighted by Gasteiger charge is 2.51. The van der Waals surface area contributed by atoms with Crippen LogP contribution in [0.1, 0.15) is 27.7 Å². The summed E-state index contributed by atoms with van der Waals surface area (Å²) in [5, 5.41) is 4.50. The van der Waals surface area contributed by atoms with Crippen molar-refractivity contribution in [2.45, 2.75) is 38.9 Å². The maximum Gasteiger partial charge on any atom is 0.494 e. The van der Waals surface area contributed by atoms with Gasteiger partial charge in [0.2, 0.25) is 0 Å². The van der Waals surface area contributed by atoms with Crippen LogP contribution in [0, 0.1) is 0 Å². The molecule has 5 aromatic rings. The molecule has 1 fully saturated rings. The van der Waals surface area contributed by atoms with E-state index in [1.54, 1.807) is 0 Å². The van der Waals surface area contributed by atoms with Crippen LogP contribution in [-0.2, 0) is 9.31 Å². The zero-order valence-electron chi connectivity index (χ0n) is 18.8. The molecule has 0 unspecified atom stereocenters. The molecule has 0 aliphatic carbocycles. The third-order valence-corrected chi connectivity index (χ3v) is 7.11. The summed E-state index contributed by atoms with van der Waals surface area (Å²) in [7, 11) is -0.400. The molecule has 1 aliphatic heterocycles. The third-order valence-electron chi connectivity index (χ3n) is 7.11. The average Bonchev–Trinajstić information content (AvgIpc) is 3.26. The number of hydrogen-bond acceptors (Lipinski definition) is 3. The van der Waals surface area contributed by atoms with Crippen LogP contribution in [0.3, 0.4) is 0 Å². The number of furan rings is 1. The van der Waals surface area contributed by atoms with Crippen LogP contribution < -0.4 is 5.46 Å². The lowest BCUT2D eigenvalue weighted by Gasteiger charge is -2.32. The molecule has 0 atom stereocenters. The topological polar surface area (TPSA) is 31.6 Å². The Morgan fingerprint density at radius 3 is 2.00 bits per heavy atom. The van der Waals surface area contributed by atoms with Gasteiger partial charge in [-0.25, -0.2) is 0 Å². The van der Waals surface area contributed by atoms with Crippen molar-refractivity contribution >= 4 is 45.3 Å². The highest BCUT2D eigenvalue weighted by Crippen LogP contribution is 2.40. The van der Waals surface area contributed by atoms with E-state index in [1.165, 1.54) is 16.5 Å². The summed E-state index contributed by atoms with van der Waals surface area (Å²) >= 11 is 0. The first kappa shape index (κ1) is 19.6. The van der Waals surface area contributed by atoms with Gasteiger partial charge in [0.05, 0.1) is 11.2 Å². The highest BCUT2D eigenvalue weighted by atomic mass is 16.7. The molecule has 1 aromatic heterocycles. The smallest absolute Gasteiger partial charge is 0.455 e. The van der Waals surface area contributed by atoms with Gasteiger partial charge in [0.25, 0.3) is 0 Å². The van der Waals surface area contributed by atoms with E-state index in [0.29, 0.717) is 0 Å². The zero-order chi connectivity index (χ0) is 22.1. The number of benzene rings is 4. The first-order chi connectivity index (χ1) is 15.3. The lowest BCUT2D eigenvalue weighted by Crippen LogP contribution is -2.41. The second kappa shape index (κ2) is 6.71. The molecule has 3 nitrogen and oxygen atoms in total. The van der Waals surface area contributed by atoms with Gasteiger partial charge in [-0.1, -0.05) is 66.7 Å². The molecule has 4 heteroatoms. The molecule has 0 amide bonds. The predicted octanol–water partition coefficient (Wildman–Crippen LogP) is 6.71.